The topological polar surface area (TPSA) is 88.4 Å². The Balaban J connectivity index is 1.57. The maximum Gasteiger partial charge on any atom is 0.338 e. The van der Waals surface area contributed by atoms with Crippen molar-refractivity contribution in [2.45, 2.75) is 46.4 Å². The predicted octanol–water partition coefficient (Wildman–Crippen LogP) is 7.30. The molecule has 1 aliphatic rings. The summed E-state index contributed by atoms with van der Waals surface area (Å²) in [7, 11) is 1.56. The first-order valence-electron chi connectivity index (χ1n) is 14.4. The zero-order chi connectivity index (χ0) is 33.1. The van der Waals surface area contributed by atoms with Crippen molar-refractivity contribution >= 4 is 77.8 Å². The van der Waals surface area contributed by atoms with Gasteiger partial charge in [0.15, 0.2) is 16.3 Å². The molecule has 46 heavy (non-hydrogen) atoms. The number of hydrogen-bond donors (Lipinski definition) is 0. The molecule has 12 heteroatoms. The average molecular weight is 882 g/mol. The molecule has 0 bridgehead atoms. The molecule has 0 spiro atoms. The quantitative estimate of drug-likeness (QED) is 0.123. The molecule has 8 nitrogen and oxygen atoms in total. The van der Waals surface area contributed by atoms with Gasteiger partial charge in [-0.1, -0.05) is 45.5 Å². The second kappa shape index (κ2) is 14.9. The molecule has 0 aliphatic carbocycles. The second-order valence-corrected chi connectivity index (χ2v) is 14.5. The number of carbonyl (C=O) groups is 1. The molecular weight excluding hydrogens is 851 g/mol. The minimum atomic E-state index is -0.777. The summed E-state index contributed by atoms with van der Waals surface area (Å²) in [5.41, 5.74) is 3.04. The van der Waals surface area contributed by atoms with Gasteiger partial charge in [0.25, 0.3) is 5.56 Å². The molecule has 3 aromatic carbocycles. The van der Waals surface area contributed by atoms with Gasteiger partial charge in [-0.25, -0.2) is 9.79 Å². The number of aromatic nitrogens is 1. The zero-order valence-electron chi connectivity index (χ0n) is 25.7. The highest BCUT2D eigenvalue weighted by molar-refractivity contribution is 14.1. The normalized spacial score (nSPS) is 14.6. The van der Waals surface area contributed by atoms with Crippen LogP contribution in [-0.2, 0) is 16.1 Å². The van der Waals surface area contributed by atoms with Gasteiger partial charge in [0.05, 0.1) is 49.7 Å². The zero-order valence-corrected chi connectivity index (χ0v) is 31.9. The number of allylic oxidation sites excluding steroid dienone is 1. The van der Waals surface area contributed by atoms with Crippen LogP contribution in [0.15, 0.2) is 84.6 Å². The molecule has 4 aromatic rings. The Morgan fingerprint density at radius 2 is 1.85 bits per heavy atom. The van der Waals surface area contributed by atoms with Crippen LogP contribution < -0.4 is 29.1 Å². The SMILES string of the molecule is CCOC(=O)C1=C(C)N=c2s/c(=C\c3cc(Br)c(OCc4ccc(Br)cc4)c(I)c3)c(=O)n2[C@H]1c1ccc(OC(C)C)c(OC)c1. The highest BCUT2D eigenvalue weighted by Crippen LogP contribution is 2.37. The van der Waals surface area contributed by atoms with Crippen molar-refractivity contribution < 1.29 is 23.7 Å². The van der Waals surface area contributed by atoms with Crippen LogP contribution >= 0.6 is 65.8 Å². The maximum absolute atomic E-state index is 14.1. The van der Waals surface area contributed by atoms with Gasteiger partial charge in [-0.15, -0.1) is 0 Å². The molecule has 0 fully saturated rings. The molecule has 5 rings (SSSR count). The van der Waals surface area contributed by atoms with Gasteiger partial charge in [-0.2, -0.15) is 0 Å². The number of esters is 1. The molecule has 0 radical (unpaired) electrons. The van der Waals surface area contributed by atoms with E-state index in [4.69, 9.17) is 18.9 Å². The van der Waals surface area contributed by atoms with E-state index in [0.29, 0.717) is 44.3 Å². The van der Waals surface area contributed by atoms with Gasteiger partial charge >= 0.3 is 5.97 Å². The van der Waals surface area contributed by atoms with Gasteiger partial charge in [-0.05, 0) is 125 Å². The van der Waals surface area contributed by atoms with Crippen LogP contribution in [0.4, 0.5) is 0 Å². The van der Waals surface area contributed by atoms with E-state index in [1.54, 1.807) is 37.7 Å². The van der Waals surface area contributed by atoms with Gasteiger partial charge in [0, 0.05) is 4.47 Å². The van der Waals surface area contributed by atoms with Crippen molar-refractivity contribution in [3.63, 3.8) is 0 Å². The van der Waals surface area contributed by atoms with E-state index in [1.807, 2.05) is 62.4 Å². The van der Waals surface area contributed by atoms with Crippen molar-refractivity contribution in [3.8, 4) is 17.2 Å². The molecule has 0 saturated carbocycles. The molecule has 0 saturated heterocycles. The Kier molecular flexibility index (Phi) is 11.1. The van der Waals surface area contributed by atoms with Gasteiger partial charge in [0.2, 0.25) is 0 Å². The van der Waals surface area contributed by atoms with E-state index in [9.17, 15) is 9.59 Å². The smallest absolute Gasteiger partial charge is 0.338 e. The van der Waals surface area contributed by atoms with E-state index in [2.05, 4.69) is 59.4 Å². The lowest BCUT2D eigenvalue weighted by Crippen LogP contribution is -2.40. The Morgan fingerprint density at radius 3 is 2.50 bits per heavy atom. The van der Waals surface area contributed by atoms with Crippen LogP contribution in [0.3, 0.4) is 0 Å². The lowest BCUT2D eigenvalue weighted by molar-refractivity contribution is -0.139. The molecule has 1 aliphatic heterocycles. The first-order valence-corrected chi connectivity index (χ1v) is 17.9. The molecule has 2 heterocycles. The highest BCUT2D eigenvalue weighted by Gasteiger charge is 2.34. The fraction of sp³-hybridized carbons (Fsp3) is 0.265. The van der Waals surface area contributed by atoms with E-state index in [0.717, 1.165) is 29.4 Å². The lowest BCUT2D eigenvalue weighted by atomic mass is 9.95. The molecule has 0 amide bonds. The number of halogens is 3. The molecule has 0 unspecified atom stereocenters. The van der Waals surface area contributed by atoms with Crippen LogP contribution in [0, 0.1) is 3.57 Å². The monoisotopic (exact) mass is 880 g/mol. The van der Waals surface area contributed by atoms with Crippen molar-refractivity contribution in [2.24, 2.45) is 4.99 Å². The number of hydrogen-bond acceptors (Lipinski definition) is 8. The Bertz CT molecular complexity index is 1980. The average Bonchev–Trinajstić information content (AvgIpc) is 3.30. The minimum absolute atomic E-state index is 0.0649. The van der Waals surface area contributed by atoms with Crippen LogP contribution in [-0.4, -0.2) is 30.4 Å². The number of methoxy groups -OCH3 is 1. The van der Waals surface area contributed by atoms with E-state index in [-0.39, 0.29) is 18.3 Å². The fourth-order valence-corrected chi connectivity index (χ4v) is 8.08. The summed E-state index contributed by atoms with van der Waals surface area (Å²) in [5.74, 6) is 1.25. The van der Waals surface area contributed by atoms with Crippen molar-refractivity contribution in [3.05, 3.63) is 115 Å². The second-order valence-electron chi connectivity index (χ2n) is 10.6. The number of benzene rings is 3. The summed E-state index contributed by atoms with van der Waals surface area (Å²) >= 11 is 10.6. The highest BCUT2D eigenvalue weighted by atomic mass is 127. The first kappa shape index (κ1) is 34.4. The van der Waals surface area contributed by atoms with Gasteiger partial charge in [0.1, 0.15) is 12.4 Å². The minimum Gasteiger partial charge on any atom is -0.493 e. The van der Waals surface area contributed by atoms with Crippen LogP contribution in [0.1, 0.15) is 50.4 Å². The number of carbonyl (C=O) groups excluding carboxylic acids is 1. The Labute approximate surface area is 301 Å². The van der Waals surface area contributed by atoms with Crippen LogP contribution in [0.2, 0.25) is 0 Å². The van der Waals surface area contributed by atoms with Crippen molar-refractivity contribution in [2.75, 3.05) is 13.7 Å². The largest absolute Gasteiger partial charge is 0.493 e. The third-order valence-electron chi connectivity index (χ3n) is 7.00. The fourth-order valence-electron chi connectivity index (χ4n) is 5.00. The number of rotatable bonds is 10. The standard InChI is InChI=1S/C34H31Br2IN2O6S/c1-6-43-33(41)29-19(4)38-34-39(30(29)22-9-12-26(45-18(2)3)27(16-22)42-5)32(40)28(46-34)15-21-13-24(36)31(25(37)14-21)44-17-20-7-10-23(35)11-8-20/h7-16,18,30H,6,17H2,1-5H3/b28-15-/t30-/m0/s1. The summed E-state index contributed by atoms with van der Waals surface area (Å²) in [6.45, 7) is 7.97. The molecule has 0 N–H and O–H groups in total. The predicted molar refractivity (Wildman–Crippen MR) is 194 cm³/mol. The summed E-state index contributed by atoms with van der Waals surface area (Å²) in [6.07, 6.45) is 1.76. The number of ether oxygens (including phenoxy) is 4. The van der Waals surface area contributed by atoms with Crippen LogP contribution in [0.25, 0.3) is 6.08 Å². The van der Waals surface area contributed by atoms with Gasteiger partial charge < -0.3 is 18.9 Å². The summed E-state index contributed by atoms with van der Waals surface area (Å²) in [4.78, 5) is 32.6. The van der Waals surface area contributed by atoms with Crippen LogP contribution in [0.5, 0.6) is 17.2 Å². The summed E-state index contributed by atoms with van der Waals surface area (Å²) in [6, 6.07) is 16.5. The lowest BCUT2D eigenvalue weighted by Gasteiger charge is -2.25. The van der Waals surface area contributed by atoms with E-state index < -0.39 is 12.0 Å². The van der Waals surface area contributed by atoms with E-state index >= 15 is 0 Å². The van der Waals surface area contributed by atoms with Crippen molar-refractivity contribution in [1.82, 2.24) is 4.57 Å². The molecule has 1 aromatic heterocycles. The Hall–Kier alpha value is -2.94. The van der Waals surface area contributed by atoms with Gasteiger partial charge in [-0.3, -0.25) is 9.36 Å². The first-order chi connectivity index (χ1) is 22.0. The molecule has 1 atom stereocenters. The Morgan fingerprint density at radius 1 is 1.11 bits per heavy atom. The van der Waals surface area contributed by atoms with Crippen molar-refractivity contribution in [1.29, 1.82) is 0 Å². The third kappa shape index (κ3) is 7.45. The van der Waals surface area contributed by atoms with E-state index in [1.165, 1.54) is 11.3 Å². The number of thiazole rings is 1. The maximum atomic E-state index is 14.1. The third-order valence-corrected chi connectivity index (χ3v) is 9.90. The number of nitrogens with zero attached hydrogens (tertiary/aromatic N) is 2. The molecule has 240 valence electrons. The number of fused-ring (bicyclic) bond motifs is 1. The summed E-state index contributed by atoms with van der Waals surface area (Å²) in [5, 5.41) is 0. The summed E-state index contributed by atoms with van der Waals surface area (Å²) < 4.78 is 27.8. The molecular formula is C34H31Br2IN2O6S.